The summed E-state index contributed by atoms with van der Waals surface area (Å²) in [6.07, 6.45) is 1.14. The van der Waals surface area contributed by atoms with E-state index < -0.39 is 0 Å². The van der Waals surface area contributed by atoms with Crippen molar-refractivity contribution in [3.8, 4) is 5.75 Å². The average Bonchev–Trinajstić information content (AvgIpc) is 3.16. The highest BCUT2D eigenvalue weighted by molar-refractivity contribution is 6.43. The van der Waals surface area contributed by atoms with Crippen LogP contribution in [0.2, 0.25) is 10.0 Å². The number of benzene rings is 1. The maximum Gasteiger partial charge on any atom is 0.224 e. The van der Waals surface area contributed by atoms with Crippen molar-refractivity contribution in [3.63, 3.8) is 0 Å². The highest BCUT2D eigenvalue weighted by atomic mass is 35.5. The maximum atomic E-state index is 11.5. The molecule has 1 amide bonds. The first-order valence-electron chi connectivity index (χ1n) is 5.70. The zero-order valence-electron chi connectivity index (χ0n) is 9.46. The summed E-state index contributed by atoms with van der Waals surface area (Å²) in [5, 5.41) is 3.72. The Hall–Kier alpha value is -0.970. The third-order valence-electron chi connectivity index (χ3n) is 2.97. The van der Waals surface area contributed by atoms with E-state index in [-0.39, 0.29) is 12.0 Å². The van der Waals surface area contributed by atoms with Crippen LogP contribution in [0, 0.1) is 0 Å². The summed E-state index contributed by atoms with van der Waals surface area (Å²) in [6, 6.07) is 1.64. The molecule has 0 spiro atoms. The van der Waals surface area contributed by atoms with Crippen molar-refractivity contribution in [1.29, 1.82) is 0 Å². The molecule has 2 aliphatic rings. The zero-order valence-corrected chi connectivity index (χ0v) is 11.0. The van der Waals surface area contributed by atoms with Crippen molar-refractivity contribution < 1.29 is 14.3 Å². The number of epoxide rings is 1. The quantitative estimate of drug-likeness (QED) is 0.870. The van der Waals surface area contributed by atoms with Gasteiger partial charge in [-0.2, -0.15) is 0 Å². The standard InChI is InChI=1S/C12H11Cl2NO3/c13-8-3-9(18-5-6-4-17-6)12-7(11(8)14)1-2-10(16)15-12/h3,6H,1-2,4-5H2,(H,15,16). The zero-order chi connectivity index (χ0) is 12.7. The maximum absolute atomic E-state index is 11.5. The monoisotopic (exact) mass is 287 g/mol. The lowest BCUT2D eigenvalue weighted by atomic mass is 10.0. The smallest absolute Gasteiger partial charge is 0.224 e. The van der Waals surface area contributed by atoms with Crippen molar-refractivity contribution in [1.82, 2.24) is 0 Å². The summed E-state index contributed by atoms with van der Waals surface area (Å²) in [5.41, 5.74) is 1.48. The molecule has 0 bridgehead atoms. The number of amides is 1. The van der Waals surface area contributed by atoms with E-state index in [4.69, 9.17) is 32.7 Å². The predicted octanol–water partition coefficient (Wildman–Crippen LogP) is 2.66. The molecule has 0 aliphatic carbocycles. The summed E-state index contributed by atoms with van der Waals surface area (Å²) < 4.78 is 10.7. The number of hydrogen-bond donors (Lipinski definition) is 1. The van der Waals surface area contributed by atoms with E-state index in [2.05, 4.69) is 5.32 Å². The van der Waals surface area contributed by atoms with Gasteiger partial charge in [0.25, 0.3) is 0 Å². The molecule has 3 rings (SSSR count). The largest absolute Gasteiger partial charge is 0.489 e. The average molecular weight is 288 g/mol. The first-order valence-corrected chi connectivity index (χ1v) is 6.46. The number of halogens is 2. The van der Waals surface area contributed by atoms with Gasteiger partial charge >= 0.3 is 0 Å². The van der Waals surface area contributed by atoms with Crippen LogP contribution in [0.5, 0.6) is 5.75 Å². The minimum atomic E-state index is -0.0339. The molecule has 1 atom stereocenters. The van der Waals surface area contributed by atoms with Crippen LogP contribution < -0.4 is 10.1 Å². The van der Waals surface area contributed by atoms with E-state index in [1.54, 1.807) is 6.07 Å². The second-order valence-electron chi connectivity index (χ2n) is 4.34. The van der Waals surface area contributed by atoms with Crippen molar-refractivity contribution in [2.75, 3.05) is 18.5 Å². The van der Waals surface area contributed by atoms with Crippen LogP contribution in [0.4, 0.5) is 5.69 Å². The molecule has 0 saturated carbocycles. The van der Waals surface area contributed by atoms with Gasteiger partial charge in [0.2, 0.25) is 5.91 Å². The molecule has 96 valence electrons. The summed E-state index contributed by atoms with van der Waals surface area (Å²) in [7, 11) is 0. The number of ether oxygens (including phenoxy) is 2. The number of nitrogens with one attached hydrogen (secondary N) is 1. The van der Waals surface area contributed by atoms with Crippen molar-refractivity contribution >= 4 is 34.8 Å². The molecule has 1 unspecified atom stereocenters. The van der Waals surface area contributed by atoms with E-state index in [1.807, 2.05) is 0 Å². The Bertz CT molecular complexity index is 515. The Morgan fingerprint density at radius 1 is 1.44 bits per heavy atom. The van der Waals surface area contributed by atoms with E-state index in [0.717, 1.165) is 12.2 Å². The number of fused-ring (bicyclic) bond motifs is 1. The molecule has 1 fully saturated rings. The fourth-order valence-corrected chi connectivity index (χ4v) is 2.38. The Morgan fingerprint density at radius 3 is 2.94 bits per heavy atom. The molecule has 1 aromatic carbocycles. The number of anilines is 1. The Kier molecular flexibility index (Phi) is 3.09. The van der Waals surface area contributed by atoms with Crippen LogP contribution in [0.3, 0.4) is 0 Å². The van der Waals surface area contributed by atoms with Gasteiger partial charge in [-0.3, -0.25) is 4.79 Å². The molecule has 4 nitrogen and oxygen atoms in total. The van der Waals surface area contributed by atoms with Crippen molar-refractivity contribution in [3.05, 3.63) is 21.7 Å². The summed E-state index contributed by atoms with van der Waals surface area (Å²) >= 11 is 12.2. The number of rotatable bonds is 3. The molecule has 0 radical (unpaired) electrons. The molecule has 1 saturated heterocycles. The fraction of sp³-hybridized carbons (Fsp3) is 0.417. The normalized spacial score (nSPS) is 21.2. The SMILES string of the molecule is O=C1CCc2c(Cl)c(Cl)cc(OCC3CO3)c2N1. The first kappa shape index (κ1) is 12.1. The van der Waals surface area contributed by atoms with Crippen molar-refractivity contribution in [2.24, 2.45) is 0 Å². The third kappa shape index (κ3) is 2.28. The van der Waals surface area contributed by atoms with Gasteiger partial charge in [0, 0.05) is 18.1 Å². The van der Waals surface area contributed by atoms with Gasteiger partial charge in [-0.25, -0.2) is 0 Å². The van der Waals surface area contributed by atoms with E-state index in [9.17, 15) is 4.79 Å². The van der Waals surface area contributed by atoms with Gasteiger partial charge < -0.3 is 14.8 Å². The van der Waals surface area contributed by atoms with Crippen LogP contribution in [-0.2, 0) is 16.0 Å². The number of carbonyl (C=O) groups is 1. The highest BCUT2D eigenvalue weighted by Crippen LogP contribution is 2.42. The lowest BCUT2D eigenvalue weighted by molar-refractivity contribution is -0.116. The van der Waals surface area contributed by atoms with Crippen LogP contribution in [0.1, 0.15) is 12.0 Å². The van der Waals surface area contributed by atoms with Crippen LogP contribution in [0.15, 0.2) is 6.07 Å². The highest BCUT2D eigenvalue weighted by Gasteiger charge is 2.27. The lowest BCUT2D eigenvalue weighted by Crippen LogP contribution is -2.20. The van der Waals surface area contributed by atoms with Crippen LogP contribution in [0.25, 0.3) is 0 Å². The molecule has 2 aliphatic heterocycles. The molecular weight excluding hydrogens is 277 g/mol. The van der Waals surface area contributed by atoms with Gasteiger partial charge in [-0.1, -0.05) is 23.2 Å². The summed E-state index contributed by atoms with van der Waals surface area (Å²) in [4.78, 5) is 11.5. The number of hydrogen-bond acceptors (Lipinski definition) is 3. The van der Waals surface area contributed by atoms with Gasteiger partial charge in [0.15, 0.2) is 0 Å². The fourth-order valence-electron chi connectivity index (χ4n) is 1.93. The minimum absolute atomic E-state index is 0.0339. The molecule has 0 aromatic heterocycles. The Morgan fingerprint density at radius 2 is 2.22 bits per heavy atom. The summed E-state index contributed by atoms with van der Waals surface area (Å²) in [6.45, 7) is 1.18. The Labute approximate surface area is 114 Å². The molecule has 18 heavy (non-hydrogen) atoms. The van der Waals surface area contributed by atoms with Gasteiger partial charge in [0.05, 0.1) is 22.3 Å². The second-order valence-corrected chi connectivity index (χ2v) is 5.12. The van der Waals surface area contributed by atoms with Crippen molar-refractivity contribution in [2.45, 2.75) is 18.9 Å². The second kappa shape index (κ2) is 4.61. The molecular formula is C12H11Cl2NO3. The van der Waals surface area contributed by atoms with E-state index >= 15 is 0 Å². The lowest BCUT2D eigenvalue weighted by Gasteiger charge is -2.22. The van der Waals surface area contributed by atoms with E-state index in [1.165, 1.54) is 0 Å². The van der Waals surface area contributed by atoms with Gasteiger partial charge in [-0.05, 0) is 6.42 Å². The minimum Gasteiger partial charge on any atom is -0.489 e. The molecule has 1 N–H and O–H groups in total. The Balaban J connectivity index is 1.95. The van der Waals surface area contributed by atoms with Crippen LogP contribution >= 0.6 is 23.2 Å². The number of carbonyl (C=O) groups excluding carboxylic acids is 1. The molecule has 1 aromatic rings. The van der Waals surface area contributed by atoms with Crippen LogP contribution in [-0.4, -0.2) is 25.2 Å². The molecule has 6 heteroatoms. The van der Waals surface area contributed by atoms with E-state index in [0.29, 0.717) is 40.9 Å². The topological polar surface area (TPSA) is 50.9 Å². The molecule has 2 heterocycles. The van der Waals surface area contributed by atoms with Gasteiger partial charge in [-0.15, -0.1) is 0 Å². The predicted molar refractivity (Wildman–Crippen MR) is 68.6 cm³/mol. The first-order chi connectivity index (χ1) is 8.65. The third-order valence-corrected chi connectivity index (χ3v) is 3.80. The summed E-state index contributed by atoms with van der Waals surface area (Å²) in [5.74, 6) is 0.524. The van der Waals surface area contributed by atoms with Gasteiger partial charge in [0.1, 0.15) is 18.5 Å².